The number of carbonyl (C=O) groups excluding carboxylic acids is 1. The molecule has 0 unspecified atom stereocenters. The molecule has 1 atom stereocenters. The largest absolute Gasteiger partial charge is 0.349 e. The lowest BCUT2D eigenvalue weighted by molar-refractivity contribution is -0.0688. The van der Waals surface area contributed by atoms with E-state index in [1.54, 1.807) is 30.3 Å². The number of hydrogen-bond acceptors (Lipinski definition) is 3. The Labute approximate surface area is 226 Å². The molecule has 3 aromatic rings. The van der Waals surface area contributed by atoms with Crippen molar-refractivity contribution in [2.45, 2.75) is 62.9 Å². The number of carbonyl (C=O) groups is 1. The van der Waals surface area contributed by atoms with Gasteiger partial charge < -0.3 is 5.32 Å². The molecule has 1 N–H and O–H groups in total. The van der Waals surface area contributed by atoms with E-state index in [-0.39, 0.29) is 28.8 Å². The molecule has 0 aliphatic heterocycles. The molecule has 4 bridgehead atoms. The Kier molecular flexibility index (Phi) is 6.55. The van der Waals surface area contributed by atoms with Gasteiger partial charge in [-0.2, -0.15) is 0 Å². The van der Waals surface area contributed by atoms with Crippen molar-refractivity contribution < 1.29 is 13.2 Å². The number of amides is 1. The van der Waals surface area contributed by atoms with Gasteiger partial charge >= 0.3 is 0 Å². The van der Waals surface area contributed by atoms with Crippen LogP contribution in [0.15, 0.2) is 89.8 Å². The van der Waals surface area contributed by atoms with Gasteiger partial charge in [0.05, 0.1) is 17.1 Å². The minimum absolute atomic E-state index is 0.0718. The van der Waals surface area contributed by atoms with Crippen LogP contribution >= 0.6 is 0 Å². The zero-order chi connectivity index (χ0) is 26.3. The molecule has 4 aliphatic rings. The molecule has 3 aromatic carbocycles. The molecule has 0 heterocycles. The van der Waals surface area contributed by atoms with Crippen molar-refractivity contribution in [3.8, 4) is 0 Å². The average molecular weight is 529 g/mol. The average Bonchev–Trinajstić information content (AvgIpc) is 2.92. The van der Waals surface area contributed by atoms with Gasteiger partial charge in [-0.05, 0) is 105 Å². The molecule has 0 aromatic heterocycles. The fourth-order valence-corrected chi connectivity index (χ4v) is 9.22. The van der Waals surface area contributed by atoms with Gasteiger partial charge in [0.25, 0.3) is 15.9 Å². The SMILES string of the molecule is C[C@H](NC(=O)c1cccc(S(=O)(=O)N(Cc2ccccc2)c2ccccc2)c1)C12CC3CC(CC(C3)C1)C2. The van der Waals surface area contributed by atoms with E-state index in [2.05, 4.69) is 12.2 Å². The third-order valence-corrected chi connectivity index (χ3v) is 11.0. The third-order valence-electron chi connectivity index (χ3n) is 9.25. The van der Waals surface area contributed by atoms with Crippen LogP contribution < -0.4 is 9.62 Å². The summed E-state index contributed by atoms with van der Waals surface area (Å²) in [6.45, 7) is 2.36. The van der Waals surface area contributed by atoms with Crippen LogP contribution in [0.3, 0.4) is 0 Å². The van der Waals surface area contributed by atoms with Gasteiger partial charge in [0.2, 0.25) is 0 Å². The van der Waals surface area contributed by atoms with E-state index in [1.807, 2.05) is 48.5 Å². The summed E-state index contributed by atoms with van der Waals surface area (Å²) in [4.78, 5) is 13.6. The first-order valence-electron chi connectivity index (χ1n) is 13.8. The highest BCUT2D eigenvalue weighted by Crippen LogP contribution is 2.61. The molecule has 4 aliphatic carbocycles. The lowest BCUT2D eigenvalue weighted by Crippen LogP contribution is -2.55. The predicted molar refractivity (Wildman–Crippen MR) is 150 cm³/mol. The van der Waals surface area contributed by atoms with E-state index in [4.69, 9.17) is 0 Å². The second-order valence-corrected chi connectivity index (χ2v) is 13.7. The maximum Gasteiger partial charge on any atom is 0.264 e. The van der Waals surface area contributed by atoms with E-state index < -0.39 is 10.0 Å². The first-order chi connectivity index (χ1) is 18.3. The molecule has 7 rings (SSSR count). The van der Waals surface area contributed by atoms with Gasteiger partial charge in [0, 0.05) is 11.6 Å². The smallest absolute Gasteiger partial charge is 0.264 e. The van der Waals surface area contributed by atoms with Crippen molar-refractivity contribution in [1.29, 1.82) is 0 Å². The summed E-state index contributed by atoms with van der Waals surface area (Å²) in [7, 11) is -3.92. The third kappa shape index (κ3) is 4.75. The Morgan fingerprint density at radius 3 is 2.05 bits per heavy atom. The molecule has 4 saturated carbocycles. The fourth-order valence-electron chi connectivity index (χ4n) is 7.72. The molecule has 1 amide bonds. The maximum absolute atomic E-state index is 14.0. The summed E-state index contributed by atoms with van der Waals surface area (Å²) in [5.41, 5.74) is 2.05. The Balaban J connectivity index is 1.25. The van der Waals surface area contributed by atoms with E-state index in [9.17, 15) is 13.2 Å². The zero-order valence-electron chi connectivity index (χ0n) is 21.9. The quantitative estimate of drug-likeness (QED) is 0.367. The minimum atomic E-state index is -3.92. The summed E-state index contributed by atoms with van der Waals surface area (Å²) in [6.07, 6.45) is 7.71. The first-order valence-corrected chi connectivity index (χ1v) is 15.3. The van der Waals surface area contributed by atoms with Crippen LogP contribution in [0, 0.1) is 23.2 Å². The van der Waals surface area contributed by atoms with Gasteiger partial charge in [-0.3, -0.25) is 9.10 Å². The van der Waals surface area contributed by atoms with Crippen LogP contribution in [-0.4, -0.2) is 20.4 Å². The van der Waals surface area contributed by atoms with Crippen molar-refractivity contribution in [3.05, 3.63) is 96.1 Å². The van der Waals surface area contributed by atoms with Crippen LogP contribution in [0.5, 0.6) is 0 Å². The first kappa shape index (κ1) is 25.2. The molecular formula is C32H36N2O3S. The standard InChI is InChI=1S/C32H36N2O3S/c1-23(32-19-25-15-26(20-32)17-27(16-25)21-32)33-31(35)28-11-8-14-30(18-28)38(36,37)34(29-12-6-3-7-13-29)22-24-9-4-2-5-10-24/h2-14,18,23,25-27H,15-17,19-22H2,1H3,(H,33,35)/t23-,25?,26?,27?,32?/m0/s1. The van der Waals surface area contributed by atoms with Crippen LogP contribution in [-0.2, 0) is 16.6 Å². The molecule has 0 radical (unpaired) electrons. The molecular weight excluding hydrogens is 492 g/mol. The highest BCUT2D eigenvalue weighted by atomic mass is 32.2. The number of para-hydroxylation sites is 1. The second kappa shape index (κ2) is 9.88. The van der Waals surface area contributed by atoms with E-state index in [0.717, 1.165) is 23.3 Å². The van der Waals surface area contributed by atoms with Crippen molar-refractivity contribution in [3.63, 3.8) is 0 Å². The number of sulfonamides is 1. The molecule has 0 saturated heterocycles. The summed E-state index contributed by atoms with van der Waals surface area (Å²) in [5.74, 6) is 2.23. The van der Waals surface area contributed by atoms with E-state index >= 15 is 0 Å². The van der Waals surface area contributed by atoms with Gasteiger partial charge in [0.15, 0.2) is 0 Å². The number of benzene rings is 3. The lowest BCUT2D eigenvalue weighted by atomic mass is 9.48. The van der Waals surface area contributed by atoms with Crippen LogP contribution in [0.25, 0.3) is 0 Å². The molecule has 0 spiro atoms. The number of hydrogen-bond donors (Lipinski definition) is 1. The van der Waals surface area contributed by atoms with Crippen molar-refractivity contribution in [2.75, 3.05) is 4.31 Å². The maximum atomic E-state index is 14.0. The second-order valence-electron chi connectivity index (χ2n) is 11.8. The Morgan fingerprint density at radius 1 is 0.868 bits per heavy atom. The molecule has 38 heavy (non-hydrogen) atoms. The zero-order valence-corrected chi connectivity index (χ0v) is 22.7. The van der Waals surface area contributed by atoms with E-state index in [1.165, 1.54) is 48.9 Å². The summed E-state index contributed by atoms with van der Waals surface area (Å²) < 4.78 is 29.3. The predicted octanol–water partition coefficient (Wildman–Crippen LogP) is 6.42. The Hall–Kier alpha value is -3.12. The van der Waals surface area contributed by atoms with E-state index in [0.29, 0.717) is 11.3 Å². The van der Waals surface area contributed by atoms with Gasteiger partial charge in [-0.1, -0.05) is 54.6 Å². The Bertz CT molecular complexity index is 1370. The minimum Gasteiger partial charge on any atom is -0.349 e. The van der Waals surface area contributed by atoms with Crippen LogP contribution in [0.2, 0.25) is 0 Å². The van der Waals surface area contributed by atoms with Gasteiger partial charge in [-0.15, -0.1) is 0 Å². The topological polar surface area (TPSA) is 66.5 Å². The fraction of sp³-hybridized carbons (Fsp3) is 0.406. The van der Waals surface area contributed by atoms with Crippen LogP contribution in [0.1, 0.15) is 61.4 Å². The number of nitrogens with zero attached hydrogens (tertiary/aromatic N) is 1. The summed E-state index contributed by atoms with van der Waals surface area (Å²) in [6, 6.07) is 25.2. The van der Waals surface area contributed by atoms with Gasteiger partial charge in [-0.25, -0.2) is 8.42 Å². The highest BCUT2D eigenvalue weighted by molar-refractivity contribution is 7.92. The molecule has 198 valence electrons. The van der Waals surface area contributed by atoms with Crippen molar-refractivity contribution in [1.82, 2.24) is 5.32 Å². The Morgan fingerprint density at radius 2 is 1.45 bits per heavy atom. The number of rotatable bonds is 8. The normalized spacial score (nSPS) is 26.6. The molecule has 4 fully saturated rings. The lowest BCUT2D eigenvalue weighted by Gasteiger charge is -2.59. The van der Waals surface area contributed by atoms with Crippen LogP contribution in [0.4, 0.5) is 5.69 Å². The molecule has 6 heteroatoms. The number of nitrogens with one attached hydrogen (secondary N) is 1. The van der Waals surface area contributed by atoms with Crippen molar-refractivity contribution in [2.24, 2.45) is 23.2 Å². The highest BCUT2D eigenvalue weighted by Gasteiger charge is 2.53. The number of anilines is 1. The summed E-state index contributed by atoms with van der Waals surface area (Å²) >= 11 is 0. The summed E-state index contributed by atoms with van der Waals surface area (Å²) in [5, 5.41) is 3.29. The van der Waals surface area contributed by atoms with Crippen molar-refractivity contribution >= 4 is 21.6 Å². The monoisotopic (exact) mass is 528 g/mol. The van der Waals surface area contributed by atoms with Gasteiger partial charge in [0.1, 0.15) is 0 Å². The molecule has 5 nitrogen and oxygen atoms in total.